The molecule has 0 fully saturated rings. The van der Waals surface area contributed by atoms with Crippen LogP contribution in [-0.4, -0.2) is 13.7 Å². The lowest BCUT2D eigenvalue weighted by Crippen LogP contribution is -2.10. The first kappa shape index (κ1) is 14.3. The molecule has 0 aliphatic heterocycles. The minimum atomic E-state index is 0.614. The van der Waals surface area contributed by atoms with Crippen molar-refractivity contribution in [3.05, 3.63) is 48.0 Å². The first-order chi connectivity index (χ1) is 9.65. The van der Waals surface area contributed by atoms with Gasteiger partial charge < -0.3 is 15.4 Å². The molecule has 20 heavy (non-hydrogen) atoms. The van der Waals surface area contributed by atoms with Gasteiger partial charge in [0.1, 0.15) is 5.75 Å². The van der Waals surface area contributed by atoms with Crippen molar-refractivity contribution in [2.45, 2.75) is 20.3 Å². The Bertz CT molecular complexity index is 564. The van der Waals surface area contributed by atoms with Crippen molar-refractivity contribution in [2.75, 3.05) is 24.3 Å². The molecule has 0 amide bonds. The molecule has 3 nitrogen and oxygen atoms in total. The van der Waals surface area contributed by atoms with Gasteiger partial charge in [0.25, 0.3) is 0 Å². The average Bonchev–Trinajstić information content (AvgIpc) is 2.49. The van der Waals surface area contributed by atoms with Crippen LogP contribution in [0.4, 0.5) is 17.1 Å². The average molecular weight is 270 g/mol. The van der Waals surface area contributed by atoms with E-state index in [1.165, 1.54) is 5.56 Å². The minimum absolute atomic E-state index is 0.614. The van der Waals surface area contributed by atoms with Crippen LogP contribution in [0.15, 0.2) is 42.5 Å². The number of aryl methyl sites for hydroxylation is 1. The Morgan fingerprint density at radius 3 is 2.25 bits per heavy atom. The van der Waals surface area contributed by atoms with Crippen molar-refractivity contribution < 1.29 is 4.74 Å². The van der Waals surface area contributed by atoms with Crippen molar-refractivity contribution in [2.24, 2.45) is 0 Å². The van der Waals surface area contributed by atoms with Gasteiger partial charge in [-0.05, 0) is 43.2 Å². The smallest absolute Gasteiger partial charge is 0.144 e. The third-order valence-electron chi connectivity index (χ3n) is 3.42. The van der Waals surface area contributed by atoms with Gasteiger partial charge in [-0.3, -0.25) is 0 Å². The van der Waals surface area contributed by atoms with Crippen LogP contribution in [0, 0.1) is 0 Å². The SMILES string of the molecule is CCOc1cc(N(C)c2ccc(CC)cc2)ccc1N. The molecule has 0 radical (unpaired) electrons. The number of rotatable bonds is 5. The molecule has 0 spiro atoms. The molecule has 0 bridgehead atoms. The summed E-state index contributed by atoms with van der Waals surface area (Å²) < 4.78 is 5.55. The number of hydrogen-bond donors (Lipinski definition) is 1. The second-order valence-electron chi connectivity index (χ2n) is 4.73. The summed E-state index contributed by atoms with van der Waals surface area (Å²) in [4.78, 5) is 2.13. The number of benzene rings is 2. The molecule has 2 aromatic carbocycles. The minimum Gasteiger partial charge on any atom is -0.492 e. The molecule has 3 heteroatoms. The summed E-state index contributed by atoms with van der Waals surface area (Å²) in [6, 6.07) is 14.5. The summed E-state index contributed by atoms with van der Waals surface area (Å²) in [6.45, 7) is 4.73. The van der Waals surface area contributed by atoms with E-state index in [2.05, 4.69) is 36.1 Å². The fourth-order valence-corrected chi connectivity index (χ4v) is 2.12. The molecule has 2 rings (SSSR count). The molecule has 0 unspecified atom stereocenters. The molecule has 0 atom stereocenters. The standard InChI is InChI=1S/C17H22N2O/c1-4-13-6-8-14(9-7-13)19(3)15-10-11-16(18)17(12-15)20-5-2/h6-12H,4-5,18H2,1-3H3. The van der Waals surface area contributed by atoms with Crippen molar-refractivity contribution >= 4 is 17.1 Å². The van der Waals surface area contributed by atoms with Crippen molar-refractivity contribution in [1.82, 2.24) is 0 Å². The highest BCUT2D eigenvalue weighted by Crippen LogP contribution is 2.31. The second-order valence-corrected chi connectivity index (χ2v) is 4.73. The van der Waals surface area contributed by atoms with Crippen LogP contribution in [0.25, 0.3) is 0 Å². The zero-order valence-corrected chi connectivity index (χ0v) is 12.4. The van der Waals surface area contributed by atoms with Gasteiger partial charge in [-0.25, -0.2) is 0 Å². The first-order valence-corrected chi connectivity index (χ1v) is 7.00. The van der Waals surface area contributed by atoms with E-state index < -0.39 is 0 Å². The maximum absolute atomic E-state index is 5.91. The summed E-state index contributed by atoms with van der Waals surface area (Å²) >= 11 is 0. The molecule has 0 aliphatic rings. The maximum atomic E-state index is 5.91. The Morgan fingerprint density at radius 1 is 1.00 bits per heavy atom. The lowest BCUT2D eigenvalue weighted by atomic mass is 10.1. The quantitative estimate of drug-likeness (QED) is 0.835. The summed E-state index contributed by atoms with van der Waals surface area (Å²) in [7, 11) is 2.04. The number of ether oxygens (including phenoxy) is 1. The molecule has 0 aromatic heterocycles. The van der Waals surface area contributed by atoms with Crippen LogP contribution in [-0.2, 0) is 6.42 Å². The van der Waals surface area contributed by atoms with E-state index in [0.717, 1.165) is 23.5 Å². The lowest BCUT2D eigenvalue weighted by Gasteiger charge is -2.21. The molecular formula is C17H22N2O. The van der Waals surface area contributed by atoms with Crippen molar-refractivity contribution in [3.8, 4) is 5.75 Å². The maximum Gasteiger partial charge on any atom is 0.144 e. The molecule has 2 N–H and O–H groups in total. The lowest BCUT2D eigenvalue weighted by molar-refractivity contribution is 0.342. The van der Waals surface area contributed by atoms with Crippen LogP contribution in [0.3, 0.4) is 0 Å². The fraction of sp³-hybridized carbons (Fsp3) is 0.294. The molecule has 0 saturated carbocycles. The summed E-state index contributed by atoms with van der Waals surface area (Å²) in [5.41, 5.74) is 10.1. The molecule has 0 heterocycles. The van der Waals surface area contributed by atoms with E-state index in [9.17, 15) is 0 Å². The van der Waals surface area contributed by atoms with Gasteiger partial charge in [0, 0.05) is 24.5 Å². The van der Waals surface area contributed by atoms with E-state index >= 15 is 0 Å². The van der Waals surface area contributed by atoms with Crippen LogP contribution in [0.1, 0.15) is 19.4 Å². The third-order valence-corrected chi connectivity index (χ3v) is 3.42. The number of nitrogen functional groups attached to an aromatic ring is 1. The third kappa shape index (κ3) is 3.05. The number of nitrogens with two attached hydrogens (primary N) is 1. The fourth-order valence-electron chi connectivity index (χ4n) is 2.12. The summed E-state index contributed by atoms with van der Waals surface area (Å²) in [6.07, 6.45) is 1.06. The molecule has 2 aromatic rings. The predicted molar refractivity (Wildman–Crippen MR) is 85.9 cm³/mol. The highest BCUT2D eigenvalue weighted by molar-refractivity contribution is 5.68. The van der Waals surface area contributed by atoms with Crippen LogP contribution in [0.2, 0.25) is 0 Å². The van der Waals surface area contributed by atoms with Gasteiger partial charge in [0.2, 0.25) is 0 Å². The Kier molecular flexibility index (Phi) is 4.51. The largest absolute Gasteiger partial charge is 0.492 e. The Hall–Kier alpha value is -2.16. The zero-order chi connectivity index (χ0) is 14.5. The van der Waals surface area contributed by atoms with Gasteiger partial charge in [-0.1, -0.05) is 19.1 Å². The van der Waals surface area contributed by atoms with Gasteiger partial charge in [-0.15, -0.1) is 0 Å². The van der Waals surface area contributed by atoms with Gasteiger partial charge in [0.05, 0.1) is 12.3 Å². The van der Waals surface area contributed by atoms with Crippen LogP contribution < -0.4 is 15.4 Å². The van der Waals surface area contributed by atoms with E-state index in [4.69, 9.17) is 10.5 Å². The number of nitrogens with zero attached hydrogens (tertiary/aromatic N) is 1. The van der Waals surface area contributed by atoms with Crippen molar-refractivity contribution in [3.63, 3.8) is 0 Å². The van der Waals surface area contributed by atoms with Crippen LogP contribution in [0.5, 0.6) is 5.75 Å². The molecule has 0 aliphatic carbocycles. The number of anilines is 3. The second kappa shape index (κ2) is 6.33. The molecular weight excluding hydrogens is 248 g/mol. The van der Waals surface area contributed by atoms with Gasteiger partial charge in [-0.2, -0.15) is 0 Å². The summed E-state index contributed by atoms with van der Waals surface area (Å²) in [5.74, 6) is 0.738. The first-order valence-electron chi connectivity index (χ1n) is 7.00. The Balaban J connectivity index is 2.27. The summed E-state index contributed by atoms with van der Waals surface area (Å²) in [5, 5.41) is 0. The van der Waals surface area contributed by atoms with E-state index in [0.29, 0.717) is 12.3 Å². The number of hydrogen-bond acceptors (Lipinski definition) is 3. The molecule has 106 valence electrons. The van der Waals surface area contributed by atoms with E-state index in [-0.39, 0.29) is 0 Å². The highest BCUT2D eigenvalue weighted by atomic mass is 16.5. The van der Waals surface area contributed by atoms with Crippen LogP contribution >= 0.6 is 0 Å². The van der Waals surface area contributed by atoms with E-state index in [1.807, 2.05) is 32.2 Å². The Labute approximate surface area is 121 Å². The molecule has 0 saturated heterocycles. The predicted octanol–water partition coefficient (Wildman–Crippen LogP) is 4.00. The topological polar surface area (TPSA) is 38.5 Å². The highest BCUT2D eigenvalue weighted by Gasteiger charge is 2.07. The van der Waals surface area contributed by atoms with Gasteiger partial charge in [0.15, 0.2) is 0 Å². The zero-order valence-electron chi connectivity index (χ0n) is 12.4. The Morgan fingerprint density at radius 2 is 1.65 bits per heavy atom. The van der Waals surface area contributed by atoms with Crippen molar-refractivity contribution in [1.29, 1.82) is 0 Å². The normalized spacial score (nSPS) is 10.3. The monoisotopic (exact) mass is 270 g/mol. The van der Waals surface area contributed by atoms with Gasteiger partial charge >= 0.3 is 0 Å². The van der Waals surface area contributed by atoms with E-state index in [1.54, 1.807) is 0 Å².